The van der Waals surface area contributed by atoms with Gasteiger partial charge in [-0.3, -0.25) is 10.1 Å². The number of halogens is 1. The van der Waals surface area contributed by atoms with Crippen molar-refractivity contribution in [2.45, 2.75) is 13.8 Å². The van der Waals surface area contributed by atoms with Crippen LogP contribution in [0.1, 0.15) is 23.6 Å². The van der Waals surface area contributed by atoms with E-state index in [9.17, 15) is 19.7 Å². The van der Waals surface area contributed by atoms with Gasteiger partial charge in [0.1, 0.15) is 0 Å². The Hall–Kier alpha value is -3.48. The summed E-state index contributed by atoms with van der Waals surface area (Å²) in [4.78, 5) is 38.7. The molecule has 0 radical (unpaired) electrons. The van der Waals surface area contributed by atoms with Crippen LogP contribution in [0.4, 0.5) is 5.69 Å². The minimum atomic E-state index is -0.655. The number of aryl methyl sites for hydroxylation is 1. The van der Waals surface area contributed by atoms with Gasteiger partial charge in [0.15, 0.2) is 23.8 Å². The van der Waals surface area contributed by atoms with Crippen LogP contribution in [0.15, 0.2) is 41.0 Å². The molecule has 1 heterocycles. The van der Waals surface area contributed by atoms with Crippen molar-refractivity contribution in [3.63, 3.8) is 0 Å². The number of hydrogen-bond acceptors (Lipinski definition) is 9. The zero-order valence-corrected chi connectivity index (χ0v) is 20.1. The van der Waals surface area contributed by atoms with E-state index in [1.165, 1.54) is 31.4 Å². The van der Waals surface area contributed by atoms with Crippen LogP contribution >= 0.6 is 22.6 Å². The van der Waals surface area contributed by atoms with Gasteiger partial charge >= 0.3 is 11.9 Å². The maximum absolute atomic E-state index is 12.3. The number of carbonyl (C=O) groups is 2. The SMILES string of the molecule is CCOC(=O)COc1c(I)cc(/C=C2\N=C(c3ccc([N+](=O)[O-])c(C)c3)OC2=O)cc1OC. The van der Waals surface area contributed by atoms with Crippen molar-refractivity contribution < 1.29 is 33.5 Å². The molecular formula is C22H19IN2O8. The average Bonchev–Trinajstić information content (AvgIpc) is 3.12. The quantitative estimate of drug-likeness (QED) is 0.155. The number of nitro benzene ring substituents is 1. The van der Waals surface area contributed by atoms with Crippen molar-refractivity contribution in [1.82, 2.24) is 0 Å². The third-order valence-corrected chi connectivity index (χ3v) is 5.26. The van der Waals surface area contributed by atoms with Gasteiger partial charge in [0, 0.05) is 17.2 Å². The van der Waals surface area contributed by atoms with Crippen molar-refractivity contribution in [2.24, 2.45) is 4.99 Å². The number of esters is 2. The normalized spacial score (nSPS) is 14.0. The standard InChI is InChI=1S/C22H19IN2O8/c1-4-31-19(26)11-32-20-15(23)8-13(10-18(20)30-3)9-16-22(27)33-21(24-16)14-5-6-17(25(28)29)12(2)7-14/h5-10H,4,11H2,1-3H3/b16-9-. The molecule has 0 aliphatic carbocycles. The topological polar surface area (TPSA) is 127 Å². The molecule has 0 unspecified atom stereocenters. The molecule has 0 saturated carbocycles. The van der Waals surface area contributed by atoms with E-state index in [0.717, 1.165) is 0 Å². The Labute approximate surface area is 202 Å². The first-order chi connectivity index (χ1) is 15.7. The summed E-state index contributed by atoms with van der Waals surface area (Å²) in [6, 6.07) is 7.71. The Morgan fingerprint density at radius 1 is 1.30 bits per heavy atom. The van der Waals surface area contributed by atoms with E-state index in [2.05, 4.69) is 4.99 Å². The summed E-state index contributed by atoms with van der Waals surface area (Å²) in [5.41, 5.74) is 1.48. The Bertz CT molecular complexity index is 1190. The Balaban J connectivity index is 1.88. The maximum Gasteiger partial charge on any atom is 0.363 e. The molecule has 10 nitrogen and oxygen atoms in total. The molecule has 0 N–H and O–H groups in total. The molecule has 1 aliphatic rings. The van der Waals surface area contributed by atoms with Crippen molar-refractivity contribution in [2.75, 3.05) is 20.3 Å². The van der Waals surface area contributed by atoms with Crippen molar-refractivity contribution in [3.8, 4) is 11.5 Å². The highest BCUT2D eigenvalue weighted by atomic mass is 127. The molecule has 0 amide bonds. The van der Waals surface area contributed by atoms with Crippen LogP contribution in [-0.2, 0) is 19.1 Å². The zero-order valence-electron chi connectivity index (χ0n) is 17.9. The van der Waals surface area contributed by atoms with E-state index in [1.54, 1.807) is 26.0 Å². The van der Waals surface area contributed by atoms with Crippen LogP contribution in [0.2, 0.25) is 0 Å². The lowest BCUT2D eigenvalue weighted by atomic mass is 10.1. The second-order valence-electron chi connectivity index (χ2n) is 6.72. The first-order valence-corrected chi connectivity index (χ1v) is 10.7. The monoisotopic (exact) mass is 566 g/mol. The Kier molecular flexibility index (Phi) is 7.63. The van der Waals surface area contributed by atoms with Crippen molar-refractivity contribution in [3.05, 3.63) is 66.4 Å². The highest BCUT2D eigenvalue weighted by Crippen LogP contribution is 2.35. The molecule has 2 aromatic rings. The molecule has 3 rings (SSSR count). The third kappa shape index (κ3) is 5.66. The maximum atomic E-state index is 12.3. The molecule has 0 fully saturated rings. The number of rotatable bonds is 8. The number of carbonyl (C=O) groups excluding carboxylic acids is 2. The lowest BCUT2D eigenvalue weighted by molar-refractivity contribution is -0.385. The first-order valence-electron chi connectivity index (χ1n) is 9.67. The highest BCUT2D eigenvalue weighted by molar-refractivity contribution is 14.1. The van der Waals surface area contributed by atoms with Gasteiger partial charge in [-0.1, -0.05) is 0 Å². The van der Waals surface area contributed by atoms with E-state index in [-0.39, 0.29) is 30.5 Å². The fraction of sp³-hybridized carbons (Fsp3) is 0.227. The van der Waals surface area contributed by atoms with Gasteiger partial charge in [-0.25, -0.2) is 14.6 Å². The van der Waals surface area contributed by atoms with E-state index >= 15 is 0 Å². The molecule has 33 heavy (non-hydrogen) atoms. The molecule has 11 heteroatoms. The fourth-order valence-electron chi connectivity index (χ4n) is 2.98. The van der Waals surface area contributed by atoms with E-state index in [4.69, 9.17) is 18.9 Å². The summed E-state index contributed by atoms with van der Waals surface area (Å²) in [5, 5.41) is 11.0. The van der Waals surface area contributed by atoms with E-state index < -0.39 is 16.9 Å². The minimum absolute atomic E-state index is 0.0358. The number of benzene rings is 2. The Morgan fingerprint density at radius 3 is 2.70 bits per heavy atom. The predicted molar refractivity (Wildman–Crippen MR) is 126 cm³/mol. The minimum Gasteiger partial charge on any atom is -0.493 e. The van der Waals surface area contributed by atoms with Crippen LogP contribution in [-0.4, -0.2) is 43.1 Å². The summed E-state index contributed by atoms with van der Waals surface area (Å²) in [5.74, 6) is -0.371. The summed E-state index contributed by atoms with van der Waals surface area (Å²) in [6.07, 6.45) is 1.52. The first kappa shape index (κ1) is 24.2. The van der Waals surface area contributed by atoms with E-state index in [1.807, 2.05) is 22.6 Å². The van der Waals surface area contributed by atoms with Crippen molar-refractivity contribution in [1.29, 1.82) is 0 Å². The lowest BCUT2D eigenvalue weighted by Crippen LogP contribution is -2.15. The summed E-state index contributed by atoms with van der Waals surface area (Å²) < 4.78 is 21.7. The molecule has 0 spiro atoms. The van der Waals surface area contributed by atoms with Gasteiger partial charge in [-0.2, -0.15) is 0 Å². The van der Waals surface area contributed by atoms with Crippen LogP contribution < -0.4 is 9.47 Å². The summed E-state index contributed by atoms with van der Waals surface area (Å²) in [7, 11) is 1.45. The second kappa shape index (κ2) is 10.4. The van der Waals surface area contributed by atoms with Gasteiger partial charge in [0.2, 0.25) is 5.90 Å². The zero-order chi connectivity index (χ0) is 24.1. The molecule has 1 aliphatic heterocycles. The summed E-state index contributed by atoms with van der Waals surface area (Å²) in [6.45, 7) is 3.28. The molecule has 0 aromatic heterocycles. The van der Waals surface area contributed by atoms with Gasteiger partial charge in [0.05, 0.1) is 22.2 Å². The molecule has 0 atom stereocenters. The number of methoxy groups -OCH3 is 1. The van der Waals surface area contributed by atoms with E-state index in [0.29, 0.717) is 31.8 Å². The van der Waals surface area contributed by atoms with Crippen LogP contribution in [0.3, 0.4) is 0 Å². The highest BCUT2D eigenvalue weighted by Gasteiger charge is 2.26. The molecular weight excluding hydrogens is 547 g/mol. The third-order valence-electron chi connectivity index (χ3n) is 4.46. The van der Waals surface area contributed by atoms with Gasteiger partial charge in [-0.15, -0.1) is 0 Å². The average molecular weight is 566 g/mol. The number of ether oxygens (including phenoxy) is 4. The molecule has 0 saturated heterocycles. The fourth-order valence-corrected chi connectivity index (χ4v) is 3.76. The number of hydrogen-bond donors (Lipinski definition) is 0. The largest absolute Gasteiger partial charge is 0.493 e. The smallest absolute Gasteiger partial charge is 0.363 e. The predicted octanol–water partition coefficient (Wildman–Crippen LogP) is 3.80. The van der Waals surface area contributed by atoms with Gasteiger partial charge in [0.25, 0.3) is 5.69 Å². The number of nitro groups is 1. The van der Waals surface area contributed by atoms with Crippen LogP contribution in [0.25, 0.3) is 6.08 Å². The number of cyclic esters (lactones) is 1. The van der Waals surface area contributed by atoms with Crippen LogP contribution in [0, 0.1) is 20.6 Å². The Morgan fingerprint density at radius 2 is 2.06 bits per heavy atom. The molecule has 0 bridgehead atoms. The molecule has 172 valence electrons. The van der Waals surface area contributed by atoms with Crippen LogP contribution in [0.5, 0.6) is 11.5 Å². The van der Waals surface area contributed by atoms with Crippen molar-refractivity contribution >= 4 is 52.2 Å². The van der Waals surface area contributed by atoms with Gasteiger partial charge < -0.3 is 18.9 Å². The number of aliphatic imine (C=N–C) groups is 1. The second-order valence-corrected chi connectivity index (χ2v) is 7.88. The lowest BCUT2D eigenvalue weighted by Gasteiger charge is -2.13. The summed E-state index contributed by atoms with van der Waals surface area (Å²) >= 11 is 2.03. The molecule has 2 aromatic carbocycles. The number of nitrogens with zero attached hydrogens (tertiary/aromatic N) is 2. The van der Waals surface area contributed by atoms with Gasteiger partial charge in [-0.05, 0) is 72.3 Å².